The zero-order chi connectivity index (χ0) is 15.2. The molecule has 0 bridgehead atoms. The van der Waals surface area contributed by atoms with E-state index in [1.165, 1.54) is 17.5 Å². The molecule has 0 radical (unpaired) electrons. The van der Waals surface area contributed by atoms with Crippen LogP contribution in [0, 0.1) is 11.3 Å². The zero-order valence-electron chi connectivity index (χ0n) is 13.2. The lowest BCUT2D eigenvalue weighted by molar-refractivity contribution is -0.145. The van der Waals surface area contributed by atoms with Crippen LogP contribution < -0.4 is 0 Å². The fraction of sp³-hybridized carbons (Fsp3) is 0.611. The maximum absolute atomic E-state index is 11.8. The van der Waals surface area contributed by atoms with Crippen molar-refractivity contribution in [3.05, 3.63) is 35.4 Å². The molecular weight excluding hydrogens is 262 g/mol. The monoisotopic (exact) mass is 287 g/mol. The van der Waals surface area contributed by atoms with Gasteiger partial charge in [-0.1, -0.05) is 45.0 Å². The first-order chi connectivity index (χ1) is 9.87. The first-order valence-electron chi connectivity index (χ1n) is 7.93. The summed E-state index contributed by atoms with van der Waals surface area (Å²) in [6.45, 7) is 7.66. The van der Waals surface area contributed by atoms with Gasteiger partial charge < -0.3 is 5.11 Å². The minimum atomic E-state index is -0.679. The van der Waals surface area contributed by atoms with Crippen molar-refractivity contribution < 1.29 is 9.90 Å². The molecule has 1 aromatic carbocycles. The lowest BCUT2D eigenvalue weighted by atomic mass is 9.89. The number of nitrogens with zero attached hydrogens (tertiary/aromatic N) is 1. The Morgan fingerprint density at radius 2 is 1.90 bits per heavy atom. The average Bonchev–Trinajstić information content (AvgIpc) is 2.70. The van der Waals surface area contributed by atoms with Crippen LogP contribution in [0.5, 0.6) is 0 Å². The molecule has 1 saturated carbocycles. The number of benzene rings is 1. The SMILES string of the molecule is CC1CC(C)(C)CC1N1Cc2ccccc2CC1C(=O)O. The molecule has 3 heteroatoms. The number of aliphatic carboxylic acids is 1. The molecule has 1 N–H and O–H groups in total. The number of hydrogen-bond acceptors (Lipinski definition) is 2. The van der Waals surface area contributed by atoms with Crippen LogP contribution in [0.1, 0.15) is 44.7 Å². The van der Waals surface area contributed by atoms with Crippen LogP contribution in [-0.4, -0.2) is 28.1 Å². The predicted octanol–water partition coefficient (Wildman–Crippen LogP) is 3.32. The summed E-state index contributed by atoms with van der Waals surface area (Å²) in [7, 11) is 0. The summed E-state index contributed by atoms with van der Waals surface area (Å²) in [4.78, 5) is 14.0. The lowest BCUT2D eigenvalue weighted by Gasteiger charge is -2.40. The molecule has 2 aliphatic rings. The highest BCUT2D eigenvalue weighted by molar-refractivity contribution is 5.74. The number of carboxylic acid groups (broad SMARTS) is 1. The minimum absolute atomic E-state index is 0.324. The maximum atomic E-state index is 11.8. The van der Waals surface area contributed by atoms with Crippen LogP contribution in [0.15, 0.2) is 24.3 Å². The molecule has 1 heterocycles. The Hall–Kier alpha value is -1.35. The molecule has 114 valence electrons. The predicted molar refractivity (Wildman–Crippen MR) is 83.1 cm³/mol. The van der Waals surface area contributed by atoms with Crippen molar-refractivity contribution >= 4 is 5.97 Å². The lowest BCUT2D eigenvalue weighted by Crippen LogP contribution is -2.51. The van der Waals surface area contributed by atoms with E-state index in [2.05, 4.69) is 43.9 Å². The van der Waals surface area contributed by atoms with E-state index in [9.17, 15) is 9.90 Å². The van der Waals surface area contributed by atoms with Crippen LogP contribution in [-0.2, 0) is 17.8 Å². The molecule has 0 saturated heterocycles. The quantitative estimate of drug-likeness (QED) is 0.907. The summed E-state index contributed by atoms with van der Waals surface area (Å²) in [5.74, 6) is -0.117. The van der Waals surface area contributed by atoms with Crippen molar-refractivity contribution in [2.45, 2.75) is 58.7 Å². The maximum Gasteiger partial charge on any atom is 0.321 e. The van der Waals surface area contributed by atoms with Gasteiger partial charge in [-0.05, 0) is 41.7 Å². The molecule has 3 rings (SSSR count). The van der Waals surface area contributed by atoms with Crippen molar-refractivity contribution in [3.8, 4) is 0 Å². The standard InChI is InChI=1S/C18H25NO2/c1-12-9-18(2,3)10-16(12)19-11-14-7-5-4-6-13(14)8-15(19)17(20)21/h4-7,12,15-16H,8-11H2,1-3H3,(H,20,21). The van der Waals surface area contributed by atoms with Crippen molar-refractivity contribution in [2.75, 3.05) is 0 Å². The van der Waals surface area contributed by atoms with E-state index < -0.39 is 5.97 Å². The molecule has 3 nitrogen and oxygen atoms in total. The van der Waals surface area contributed by atoms with Gasteiger partial charge in [-0.15, -0.1) is 0 Å². The Bertz CT molecular complexity index is 552. The van der Waals surface area contributed by atoms with Gasteiger partial charge in [-0.2, -0.15) is 0 Å². The van der Waals surface area contributed by atoms with Gasteiger partial charge in [-0.25, -0.2) is 0 Å². The Balaban J connectivity index is 1.91. The minimum Gasteiger partial charge on any atom is -0.480 e. The largest absolute Gasteiger partial charge is 0.480 e. The van der Waals surface area contributed by atoms with Crippen molar-refractivity contribution in [1.29, 1.82) is 0 Å². The third kappa shape index (κ3) is 2.71. The second kappa shape index (κ2) is 5.13. The van der Waals surface area contributed by atoms with Crippen LogP contribution in [0.2, 0.25) is 0 Å². The van der Waals surface area contributed by atoms with Crippen LogP contribution in [0.4, 0.5) is 0 Å². The number of hydrogen-bond donors (Lipinski definition) is 1. The Morgan fingerprint density at radius 1 is 1.24 bits per heavy atom. The third-order valence-corrected chi connectivity index (χ3v) is 5.29. The molecule has 0 spiro atoms. The van der Waals surface area contributed by atoms with Gasteiger partial charge in [-0.3, -0.25) is 9.69 Å². The molecule has 0 aromatic heterocycles. The first-order valence-corrected chi connectivity index (χ1v) is 7.93. The van der Waals surface area contributed by atoms with Gasteiger partial charge >= 0.3 is 5.97 Å². The summed E-state index contributed by atoms with van der Waals surface area (Å²) in [6.07, 6.45) is 2.91. The molecule has 21 heavy (non-hydrogen) atoms. The number of carboxylic acids is 1. The molecule has 1 aromatic rings. The molecule has 1 aliphatic carbocycles. The number of carbonyl (C=O) groups is 1. The second-order valence-corrected chi connectivity index (χ2v) is 7.62. The van der Waals surface area contributed by atoms with E-state index in [4.69, 9.17) is 0 Å². The Labute approximate surface area is 127 Å². The summed E-state index contributed by atoms with van der Waals surface area (Å²) >= 11 is 0. The van der Waals surface area contributed by atoms with Gasteiger partial charge in [0.25, 0.3) is 0 Å². The normalized spacial score (nSPS) is 31.9. The van der Waals surface area contributed by atoms with Crippen molar-refractivity contribution in [3.63, 3.8) is 0 Å². The zero-order valence-corrected chi connectivity index (χ0v) is 13.2. The molecule has 3 atom stereocenters. The Morgan fingerprint density at radius 3 is 2.48 bits per heavy atom. The molecule has 0 amide bonds. The van der Waals surface area contributed by atoms with Gasteiger partial charge in [0.15, 0.2) is 0 Å². The van der Waals surface area contributed by atoms with E-state index in [0.717, 1.165) is 13.0 Å². The molecular formula is C18H25NO2. The van der Waals surface area contributed by atoms with Crippen LogP contribution in [0.3, 0.4) is 0 Å². The van der Waals surface area contributed by atoms with E-state index in [0.29, 0.717) is 23.8 Å². The first kappa shape index (κ1) is 14.6. The van der Waals surface area contributed by atoms with Crippen molar-refractivity contribution in [1.82, 2.24) is 4.90 Å². The van der Waals surface area contributed by atoms with Gasteiger partial charge in [0.1, 0.15) is 6.04 Å². The van der Waals surface area contributed by atoms with E-state index in [1.807, 2.05) is 6.07 Å². The van der Waals surface area contributed by atoms with Crippen LogP contribution in [0.25, 0.3) is 0 Å². The fourth-order valence-corrected chi connectivity index (χ4v) is 4.42. The smallest absolute Gasteiger partial charge is 0.321 e. The molecule has 3 unspecified atom stereocenters. The molecule has 1 fully saturated rings. The topological polar surface area (TPSA) is 40.5 Å². The summed E-state index contributed by atoms with van der Waals surface area (Å²) in [6, 6.07) is 8.29. The number of fused-ring (bicyclic) bond motifs is 1. The van der Waals surface area contributed by atoms with Crippen molar-refractivity contribution in [2.24, 2.45) is 11.3 Å². The van der Waals surface area contributed by atoms with Gasteiger partial charge in [0, 0.05) is 12.6 Å². The highest BCUT2D eigenvalue weighted by atomic mass is 16.4. The highest BCUT2D eigenvalue weighted by Gasteiger charge is 2.44. The average molecular weight is 287 g/mol. The van der Waals surface area contributed by atoms with E-state index in [-0.39, 0.29) is 6.04 Å². The molecule has 1 aliphatic heterocycles. The third-order valence-electron chi connectivity index (χ3n) is 5.29. The van der Waals surface area contributed by atoms with Crippen LogP contribution >= 0.6 is 0 Å². The summed E-state index contributed by atoms with van der Waals surface area (Å²) in [5, 5.41) is 9.67. The highest BCUT2D eigenvalue weighted by Crippen LogP contribution is 2.45. The van der Waals surface area contributed by atoms with E-state index >= 15 is 0 Å². The fourth-order valence-electron chi connectivity index (χ4n) is 4.42. The van der Waals surface area contributed by atoms with E-state index in [1.54, 1.807) is 0 Å². The van der Waals surface area contributed by atoms with Gasteiger partial charge in [0.2, 0.25) is 0 Å². The number of rotatable bonds is 2. The second-order valence-electron chi connectivity index (χ2n) is 7.62. The van der Waals surface area contributed by atoms with Gasteiger partial charge in [0.05, 0.1) is 0 Å². The Kier molecular flexibility index (Phi) is 3.56. The summed E-state index contributed by atoms with van der Waals surface area (Å²) < 4.78 is 0. The summed E-state index contributed by atoms with van der Waals surface area (Å²) in [5.41, 5.74) is 2.82.